The number of nitrogens with zero attached hydrogens (tertiary/aromatic N) is 3. The molecule has 1 N–H and O–H groups in total. The summed E-state index contributed by atoms with van der Waals surface area (Å²) in [6, 6.07) is 0.459. The normalized spacial score (nSPS) is 29.7. The van der Waals surface area contributed by atoms with Crippen LogP contribution in [0.2, 0.25) is 0 Å². The molecule has 0 amide bonds. The standard InChI is InChI=1S/C13H25N3O/c1-14(2)13(17)16-8-4-5-12(16)11-6-9-15(3)10-7-11/h6,12-13,17H,4-5,7-10H2,1-3H3/t12-,13?/m0/s1. The molecule has 0 aromatic carbocycles. The maximum Gasteiger partial charge on any atom is 0.165 e. The predicted molar refractivity (Wildman–Crippen MR) is 69.6 cm³/mol. The molecule has 0 saturated carbocycles. The van der Waals surface area contributed by atoms with E-state index in [1.54, 1.807) is 0 Å². The summed E-state index contributed by atoms with van der Waals surface area (Å²) >= 11 is 0. The zero-order valence-corrected chi connectivity index (χ0v) is 11.3. The van der Waals surface area contributed by atoms with Crippen LogP contribution < -0.4 is 0 Å². The summed E-state index contributed by atoms with van der Waals surface area (Å²) in [6.07, 6.45) is 5.46. The first-order chi connectivity index (χ1) is 8.09. The number of likely N-dealkylation sites (tertiary alicyclic amines) is 1. The van der Waals surface area contributed by atoms with E-state index < -0.39 is 6.35 Å². The molecule has 4 heteroatoms. The van der Waals surface area contributed by atoms with Crippen molar-refractivity contribution in [1.82, 2.24) is 14.7 Å². The average Bonchev–Trinajstić information content (AvgIpc) is 2.77. The fourth-order valence-electron chi connectivity index (χ4n) is 2.85. The Balaban J connectivity index is 2.04. The van der Waals surface area contributed by atoms with Crippen LogP contribution in [-0.2, 0) is 0 Å². The summed E-state index contributed by atoms with van der Waals surface area (Å²) in [5.74, 6) is 0. The molecule has 0 aliphatic carbocycles. The fourth-order valence-corrected chi connectivity index (χ4v) is 2.85. The van der Waals surface area contributed by atoms with Gasteiger partial charge in [-0.1, -0.05) is 11.6 Å². The summed E-state index contributed by atoms with van der Waals surface area (Å²) in [6.45, 7) is 3.21. The third-order valence-corrected chi connectivity index (χ3v) is 3.93. The lowest BCUT2D eigenvalue weighted by molar-refractivity contribution is -0.0917. The van der Waals surface area contributed by atoms with Gasteiger partial charge < -0.3 is 10.0 Å². The van der Waals surface area contributed by atoms with E-state index in [2.05, 4.69) is 22.9 Å². The molecule has 0 aromatic rings. The van der Waals surface area contributed by atoms with Crippen molar-refractivity contribution in [2.75, 3.05) is 40.8 Å². The van der Waals surface area contributed by atoms with Crippen LogP contribution in [0.25, 0.3) is 0 Å². The number of likely N-dealkylation sites (N-methyl/N-ethyl adjacent to an activating group) is 1. The largest absolute Gasteiger partial charge is 0.365 e. The van der Waals surface area contributed by atoms with E-state index in [0.29, 0.717) is 6.04 Å². The van der Waals surface area contributed by atoms with Gasteiger partial charge >= 0.3 is 0 Å². The van der Waals surface area contributed by atoms with Crippen LogP contribution in [0.4, 0.5) is 0 Å². The minimum absolute atomic E-state index is 0.442. The van der Waals surface area contributed by atoms with E-state index in [1.165, 1.54) is 18.4 Å². The lowest BCUT2D eigenvalue weighted by Crippen LogP contribution is -2.48. The van der Waals surface area contributed by atoms with Crippen LogP contribution in [0.3, 0.4) is 0 Å². The zero-order valence-electron chi connectivity index (χ0n) is 11.3. The monoisotopic (exact) mass is 239 g/mol. The zero-order chi connectivity index (χ0) is 12.4. The number of hydrogen-bond acceptors (Lipinski definition) is 4. The second kappa shape index (κ2) is 5.48. The molecule has 2 aliphatic rings. The highest BCUT2D eigenvalue weighted by molar-refractivity contribution is 5.16. The van der Waals surface area contributed by atoms with Gasteiger partial charge in [0.2, 0.25) is 0 Å². The molecule has 98 valence electrons. The van der Waals surface area contributed by atoms with E-state index in [-0.39, 0.29) is 0 Å². The van der Waals surface area contributed by atoms with E-state index in [9.17, 15) is 5.11 Å². The van der Waals surface area contributed by atoms with Crippen molar-refractivity contribution in [3.8, 4) is 0 Å². The highest BCUT2D eigenvalue weighted by Gasteiger charge is 2.33. The second-order valence-corrected chi connectivity index (χ2v) is 5.50. The van der Waals surface area contributed by atoms with Crippen molar-refractivity contribution in [1.29, 1.82) is 0 Å². The van der Waals surface area contributed by atoms with E-state index >= 15 is 0 Å². The summed E-state index contributed by atoms with van der Waals surface area (Å²) < 4.78 is 0. The summed E-state index contributed by atoms with van der Waals surface area (Å²) in [5.41, 5.74) is 1.53. The van der Waals surface area contributed by atoms with Gasteiger partial charge in [0.05, 0.1) is 0 Å². The Morgan fingerprint density at radius 3 is 2.76 bits per heavy atom. The van der Waals surface area contributed by atoms with Crippen molar-refractivity contribution >= 4 is 0 Å². The van der Waals surface area contributed by atoms with E-state index in [1.807, 2.05) is 19.0 Å². The maximum atomic E-state index is 10.2. The van der Waals surface area contributed by atoms with Crippen molar-refractivity contribution in [2.24, 2.45) is 0 Å². The lowest BCUT2D eigenvalue weighted by Gasteiger charge is -2.36. The average molecular weight is 239 g/mol. The summed E-state index contributed by atoms with van der Waals surface area (Å²) in [5, 5.41) is 10.2. The molecule has 0 bridgehead atoms. The van der Waals surface area contributed by atoms with Crippen molar-refractivity contribution < 1.29 is 5.11 Å². The first kappa shape index (κ1) is 13.0. The quantitative estimate of drug-likeness (QED) is 0.575. The molecule has 0 spiro atoms. The van der Waals surface area contributed by atoms with Gasteiger partial charge in [0.25, 0.3) is 0 Å². The fraction of sp³-hybridized carbons (Fsp3) is 0.846. The third-order valence-electron chi connectivity index (χ3n) is 3.93. The summed E-state index contributed by atoms with van der Waals surface area (Å²) in [4.78, 5) is 6.45. The molecule has 1 unspecified atom stereocenters. The van der Waals surface area contributed by atoms with Crippen LogP contribution in [0.15, 0.2) is 11.6 Å². The van der Waals surface area contributed by atoms with Gasteiger partial charge in [-0.2, -0.15) is 0 Å². The Morgan fingerprint density at radius 2 is 2.18 bits per heavy atom. The van der Waals surface area contributed by atoms with Gasteiger partial charge in [-0.05, 0) is 40.4 Å². The molecular weight excluding hydrogens is 214 g/mol. The van der Waals surface area contributed by atoms with Crippen molar-refractivity contribution in [3.63, 3.8) is 0 Å². The molecule has 2 atom stereocenters. The number of hydrogen-bond donors (Lipinski definition) is 1. The van der Waals surface area contributed by atoms with Crippen LogP contribution in [-0.4, -0.2) is 73.0 Å². The molecule has 0 radical (unpaired) electrons. The molecular formula is C13H25N3O. The smallest absolute Gasteiger partial charge is 0.165 e. The molecule has 0 aromatic heterocycles. The van der Waals surface area contributed by atoms with Crippen LogP contribution in [0.1, 0.15) is 19.3 Å². The number of rotatable bonds is 3. The van der Waals surface area contributed by atoms with Gasteiger partial charge in [0.1, 0.15) is 0 Å². The second-order valence-electron chi connectivity index (χ2n) is 5.50. The summed E-state index contributed by atoms with van der Waals surface area (Å²) in [7, 11) is 6.03. The highest BCUT2D eigenvalue weighted by Crippen LogP contribution is 2.28. The molecule has 2 aliphatic heterocycles. The van der Waals surface area contributed by atoms with Crippen molar-refractivity contribution in [3.05, 3.63) is 11.6 Å². The SMILES string of the molecule is CN1CC=C([C@@H]2CCCN2C(O)N(C)C)CC1. The van der Waals surface area contributed by atoms with Gasteiger partial charge in [0, 0.05) is 25.7 Å². The van der Waals surface area contributed by atoms with Crippen LogP contribution in [0.5, 0.6) is 0 Å². The van der Waals surface area contributed by atoms with Crippen molar-refractivity contribution in [2.45, 2.75) is 31.7 Å². The van der Waals surface area contributed by atoms with Crippen LogP contribution >= 0.6 is 0 Å². The molecule has 4 nitrogen and oxygen atoms in total. The maximum absolute atomic E-state index is 10.2. The Kier molecular flexibility index (Phi) is 4.20. The van der Waals surface area contributed by atoms with Gasteiger partial charge in [-0.15, -0.1) is 0 Å². The Bertz CT molecular complexity index is 290. The Hall–Kier alpha value is -0.420. The lowest BCUT2D eigenvalue weighted by atomic mass is 9.98. The van der Waals surface area contributed by atoms with E-state index in [0.717, 1.165) is 26.1 Å². The first-order valence-electron chi connectivity index (χ1n) is 6.57. The minimum Gasteiger partial charge on any atom is -0.365 e. The highest BCUT2D eigenvalue weighted by atomic mass is 16.3. The molecule has 1 fully saturated rings. The van der Waals surface area contributed by atoms with Gasteiger partial charge in [-0.25, -0.2) is 0 Å². The van der Waals surface area contributed by atoms with E-state index in [4.69, 9.17) is 0 Å². The predicted octanol–water partition coefficient (Wildman–Crippen LogP) is 0.550. The number of aliphatic hydroxyl groups is 1. The first-order valence-corrected chi connectivity index (χ1v) is 6.57. The molecule has 1 saturated heterocycles. The van der Waals surface area contributed by atoms with Gasteiger partial charge in [-0.3, -0.25) is 9.80 Å². The topological polar surface area (TPSA) is 30.0 Å². The Morgan fingerprint density at radius 1 is 1.41 bits per heavy atom. The molecule has 17 heavy (non-hydrogen) atoms. The van der Waals surface area contributed by atoms with Crippen LogP contribution in [0, 0.1) is 0 Å². The molecule has 2 rings (SSSR count). The van der Waals surface area contributed by atoms with Gasteiger partial charge in [0.15, 0.2) is 6.35 Å². The molecule has 2 heterocycles. The minimum atomic E-state index is -0.442. The third kappa shape index (κ3) is 2.88. The number of aliphatic hydroxyl groups excluding tert-OH is 1. The Labute approximate surface area is 104 Å².